The van der Waals surface area contributed by atoms with E-state index < -0.39 is 0 Å². The molecular formula is C14H11BrN2OS. The SMILES string of the molecule is CCc1ccsc1C(=O)c1c[nH]c2ncc(Br)cc12. The molecule has 0 saturated carbocycles. The van der Waals surface area contributed by atoms with E-state index in [-0.39, 0.29) is 5.78 Å². The van der Waals surface area contributed by atoms with Gasteiger partial charge in [0.25, 0.3) is 0 Å². The molecule has 0 atom stereocenters. The number of ketones is 1. The molecule has 0 radical (unpaired) electrons. The highest BCUT2D eigenvalue weighted by Gasteiger charge is 2.18. The van der Waals surface area contributed by atoms with Gasteiger partial charge in [0.2, 0.25) is 5.78 Å². The maximum Gasteiger partial charge on any atom is 0.205 e. The van der Waals surface area contributed by atoms with Crippen LogP contribution < -0.4 is 0 Å². The number of hydrogen-bond acceptors (Lipinski definition) is 3. The predicted molar refractivity (Wildman–Crippen MR) is 80.9 cm³/mol. The van der Waals surface area contributed by atoms with Gasteiger partial charge in [0, 0.05) is 22.3 Å². The molecule has 0 saturated heterocycles. The monoisotopic (exact) mass is 334 g/mol. The molecular weight excluding hydrogens is 324 g/mol. The maximum absolute atomic E-state index is 12.6. The van der Waals surface area contributed by atoms with Gasteiger partial charge in [-0.25, -0.2) is 4.98 Å². The standard InChI is InChI=1S/C14H11BrN2OS/c1-2-8-3-4-19-13(8)12(18)11-7-17-14-10(11)5-9(15)6-16-14/h3-7H,2H2,1H3,(H,16,17). The molecule has 3 heterocycles. The van der Waals surface area contributed by atoms with Crippen molar-refractivity contribution in [2.75, 3.05) is 0 Å². The summed E-state index contributed by atoms with van der Waals surface area (Å²) in [5, 5.41) is 2.82. The first-order valence-corrected chi connectivity index (χ1v) is 7.61. The topological polar surface area (TPSA) is 45.8 Å². The second-order valence-corrected chi connectivity index (χ2v) is 6.04. The van der Waals surface area contributed by atoms with Crippen LogP contribution in [0.2, 0.25) is 0 Å². The van der Waals surface area contributed by atoms with Gasteiger partial charge in [-0.1, -0.05) is 6.92 Å². The molecule has 3 rings (SSSR count). The Bertz CT molecular complexity index is 760. The molecule has 3 nitrogen and oxygen atoms in total. The summed E-state index contributed by atoms with van der Waals surface area (Å²) in [5.41, 5.74) is 2.52. The molecule has 0 aliphatic rings. The number of hydrogen-bond donors (Lipinski definition) is 1. The number of halogens is 1. The summed E-state index contributed by atoms with van der Waals surface area (Å²) in [7, 11) is 0. The molecule has 19 heavy (non-hydrogen) atoms. The van der Waals surface area contributed by atoms with Gasteiger partial charge < -0.3 is 4.98 Å². The number of nitrogens with zero attached hydrogens (tertiary/aromatic N) is 1. The van der Waals surface area contributed by atoms with Crippen molar-refractivity contribution in [1.29, 1.82) is 0 Å². The molecule has 0 fully saturated rings. The van der Waals surface area contributed by atoms with Gasteiger partial charge in [-0.3, -0.25) is 4.79 Å². The first-order valence-electron chi connectivity index (χ1n) is 5.94. The average molecular weight is 335 g/mol. The summed E-state index contributed by atoms with van der Waals surface area (Å²) >= 11 is 4.89. The Hall–Kier alpha value is -1.46. The van der Waals surface area contributed by atoms with Crippen LogP contribution in [0.5, 0.6) is 0 Å². The molecule has 0 aliphatic heterocycles. The third-order valence-corrected chi connectivity index (χ3v) is 4.47. The van der Waals surface area contributed by atoms with Crippen molar-refractivity contribution in [2.45, 2.75) is 13.3 Å². The van der Waals surface area contributed by atoms with E-state index in [1.165, 1.54) is 11.3 Å². The van der Waals surface area contributed by atoms with E-state index in [2.05, 4.69) is 32.8 Å². The van der Waals surface area contributed by atoms with E-state index in [4.69, 9.17) is 0 Å². The lowest BCUT2D eigenvalue weighted by Gasteiger charge is -2.00. The number of aryl methyl sites for hydroxylation is 1. The van der Waals surface area contributed by atoms with Crippen LogP contribution in [-0.2, 0) is 6.42 Å². The zero-order chi connectivity index (χ0) is 13.4. The fourth-order valence-corrected chi connectivity index (χ4v) is 3.38. The second-order valence-electron chi connectivity index (χ2n) is 4.21. The van der Waals surface area contributed by atoms with Gasteiger partial charge >= 0.3 is 0 Å². The highest BCUT2D eigenvalue weighted by Crippen LogP contribution is 2.26. The lowest BCUT2D eigenvalue weighted by molar-refractivity contribution is 0.104. The van der Waals surface area contributed by atoms with E-state index in [0.717, 1.165) is 32.4 Å². The van der Waals surface area contributed by atoms with Crippen molar-refractivity contribution in [3.63, 3.8) is 0 Å². The Labute approximate surface area is 122 Å². The third-order valence-electron chi connectivity index (χ3n) is 3.08. The zero-order valence-corrected chi connectivity index (χ0v) is 12.6. The Morgan fingerprint density at radius 2 is 2.37 bits per heavy atom. The van der Waals surface area contributed by atoms with Crippen molar-refractivity contribution in [3.8, 4) is 0 Å². The van der Waals surface area contributed by atoms with Crippen LogP contribution in [0.4, 0.5) is 0 Å². The van der Waals surface area contributed by atoms with Crippen LogP contribution in [0.3, 0.4) is 0 Å². The van der Waals surface area contributed by atoms with E-state index in [9.17, 15) is 4.79 Å². The van der Waals surface area contributed by atoms with Crippen molar-refractivity contribution < 1.29 is 4.79 Å². The molecule has 96 valence electrons. The van der Waals surface area contributed by atoms with Gasteiger partial charge in [0.15, 0.2) is 0 Å². The van der Waals surface area contributed by atoms with Gasteiger partial charge in [-0.15, -0.1) is 11.3 Å². The minimum atomic E-state index is 0.0676. The number of thiophene rings is 1. The highest BCUT2D eigenvalue weighted by molar-refractivity contribution is 9.10. The Kier molecular flexibility index (Phi) is 3.24. The Morgan fingerprint density at radius 3 is 3.16 bits per heavy atom. The summed E-state index contributed by atoms with van der Waals surface area (Å²) in [5.74, 6) is 0.0676. The molecule has 1 N–H and O–H groups in total. The van der Waals surface area contributed by atoms with Crippen LogP contribution in [0.25, 0.3) is 11.0 Å². The second kappa shape index (κ2) is 4.90. The fraction of sp³-hybridized carbons (Fsp3) is 0.143. The molecule has 0 aliphatic carbocycles. The normalized spacial score (nSPS) is 11.1. The number of nitrogens with one attached hydrogen (secondary N) is 1. The minimum absolute atomic E-state index is 0.0676. The highest BCUT2D eigenvalue weighted by atomic mass is 79.9. The molecule has 0 aromatic carbocycles. The number of fused-ring (bicyclic) bond motifs is 1. The largest absolute Gasteiger partial charge is 0.345 e. The number of aromatic nitrogens is 2. The number of H-pyrrole nitrogens is 1. The summed E-state index contributed by atoms with van der Waals surface area (Å²) in [6.45, 7) is 2.06. The zero-order valence-electron chi connectivity index (χ0n) is 10.2. The summed E-state index contributed by atoms with van der Waals surface area (Å²) in [6.07, 6.45) is 4.33. The Balaban J connectivity index is 2.14. The van der Waals surface area contributed by atoms with Gasteiger partial charge in [-0.2, -0.15) is 0 Å². The number of carbonyl (C=O) groups excluding carboxylic acids is 1. The van der Waals surface area contributed by atoms with Crippen molar-refractivity contribution >= 4 is 44.1 Å². The van der Waals surface area contributed by atoms with Crippen LogP contribution in [0.15, 0.2) is 34.4 Å². The quantitative estimate of drug-likeness (QED) is 0.730. The van der Waals surface area contributed by atoms with Crippen LogP contribution in [0.1, 0.15) is 27.7 Å². The average Bonchev–Trinajstić information content (AvgIpc) is 3.03. The number of carbonyl (C=O) groups is 1. The van der Waals surface area contributed by atoms with Crippen LogP contribution >= 0.6 is 27.3 Å². The lowest BCUT2D eigenvalue weighted by Crippen LogP contribution is -2.00. The van der Waals surface area contributed by atoms with Gasteiger partial charge in [0.05, 0.1) is 10.4 Å². The first kappa shape index (κ1) is 12.6. The molecule has 5 heteroatoms. The van der Waals surface area contributed by atoms with E-state index in [1.807, 2.05) is 17.5 Å². The Morgan fingerprint density at radius 1 is 1.53 bits per heavy atom. The summed E-state index contributed by atoms with van der Waals surface area (Å²) in [4.78, 5) is 20.7. The molecule has 0 amide bonds. The first-order chi connectivity index (χ1) is 9.20. The van der Waals surface area contributed by atoms with Crippen molar-refractivity contribution in [1.82, 2.24) is 9.97 Å². The number of pyridine rings is 1. The molecule has 3 aromatic heterocycles. The van der Waals surface area contributed by atoms with Crippen LogP contribution in [0, 0.1) is 0 Å². The molecule has 0 spiro atoms. The fourth-order valence-electron chi connectivity index (χ4n) is 2.10. The maximum atomic E-state index is 12.6. The van der Waals surface area contributed by atoms with Crippen molar-refractivity contribution in [3.05, 3.63) is 50.4 Å². The predicted octanol–water partition coefficient (Wildman–Crippen LogP) is 4.18. The van der Waals surface area contributed by atoms with E-state index in [1.54, 1.807) is 12.4 Å². The van der Waals surface area contributed by atoms with Gasteiger partial charge in [0.1, 0.15) is 5.65 Å². The third kappa shape index (κ3) is 2.13. The summed E-state index contributed by atoms with van der Waals surface area (Å²) in [6, 6.07) is 3.94. The molecule has 3 aromatic rings. The van der Waals surface area contributed by atoms with Crippen LogP contribution in [-0.4, -0.2) is 15.8 Å². The molecule has 0 bridgehead atoms. The smallest absolute Gasteiger partial charge is 0.205 e. The summed E-state index contributed by atoms with van der Waals surface area (Å²) < 4.78 is 0.871. The minimum Gasteiger partial charge on any atom is -0.345 e. The number of rotatable bonds is 3. The van der Waals surface area contributed by atoms with Gasteiger partial charge in [-0.05, 0) is 45.4 Å². The molecule has 0 unspecified atom stereocenters. The van der Waals surface area contributed by atoms with Crippen molar-refractivity contribution in [2.24, 2.45) is 0 Å². The van der Waals surface area contributed by atoms with E-state index >= 15 is 0 Å². The lowest BCUT2D eigenvalue weighted by atomic mass is 10.1. The van der Waals surface area contributed by atoms with E-state index in [0.29, 0.717) is 5.56 Å². The number of aromatic amines is 1.